The van der Waals surface area contributed by atoms with Crippen LogP contribution < -0.4 is 11.1 Å². The van der Waals surface area contributed by atoms with Crippen LogP contribution >= 0.6 is 44.3 Å². The third-order valence-corrected chi connectivity index (χ3v) is 7.96. The second-order valence-electron chi connectivity index (χ2n) is 9.15. The number of hydrogen-bond acceptors (Lipinski definition) is 3. The van der Waals surface area contributed by atoms with E-state index in [1.165, 1.54) is 6.42 Å². The quantitative estimate of drug-likeness (QED) is 0.267. The highest BCUT2D eigenvalue weighted by atomic mass is 79.9. The zero-order valence-corrected chi connectivity index (χ0v) is 24.1. The van der Waals surface area contributed by atoms with Gasteiger partial charge in [0.2, 0.25) is 11.8 Å². The summed E-state index contributed by atoms with van der Waals surface area (Å²) in [5.41, 5.74) is 8.72. The van der Waals surface area contributed by atoms with Crippen molar-refractivity contribution in [3.63, 3.8) is 0 Å². The molecule has 2 aromatic carbocycles. The molecule has 194 valence electrons. The van der Waals surface area contributed by atoms with E-state index in [1.54, 1.807) is 4.90 Å². The van der Waals surface area contributed by atoms with E-state index in [0.29, 0.717) is 13.0 Å². The molecule has 4 N–H and O–H groups in total. The summed E-state index contributed by atoms with van der Waals surface area (Å²) in [5.74, 6) is -0.261. The van der Waals surface area contributed by atoms with Gasteiger partial charge in [0.05, 0.1) is 0 Å². The van der Waals surface area contributed by atoms with Gasteiger partial charge in [-0.05, 0) is 54.7 Å². The Bertz CT molecular complexity index is 1180. The highest BCUT2D eigenvalue weighted by molar-refractivity contribution is 9.11. The van der Waals surface area contributed by atoms with Crippen molar-refractivity contribution in [1.82, 2.24) is 15.2 Å². The van der Waals surface area contributed by atoms with Crippen LogP contribution in [0.5, 0.6) is 0 Å². The van der Waals surface area contributed by atoms with Gasteiger partial charge in [-0.15, -0.1) is 12.4 Å². The van der Waals surface area contributed by atoms with Crippen LogP contribution in [0.1, 0.15) is 55.7 Å². The number of rotatable bonds is 9. The van der Waals surface area contributed by atoms with Gasteiger partial charge in [-0.25, -0.2) is 0 Å². The van der Waals surface area contributed by atoms with Crippen LogP contribution in [-0.2, 0) is 16.0 Å². The molecule has 0 aliphatic heterocycles. The first-order valence-electron chi connectivity index (χ1n) is 12.3. The van der Waals surface area contributed by atoms with E-state index in [9.17, 15) is 9.59 Å². The van der Waals surface area contributed by atoms with E-state index in [4.69, 9.17) is 5.73 Å². The summed E-state index contributed by atoms with van der Waals surface area (Å²) in [4.78, 5) is 32.2. The molecule has 3 aromatic rings. The summed E-state index contributed by atoms with van der Waals surface area (Å²) in [5, 5.41) is 4.39. The van der Waals surface area contributed by atoms with Gasteiger partial charge in [0, 0.05) is 51.6 Å². The molecular formula is C27H33Br2ClN4O2. The average molecular weight is 641 g/mol. The lowest BCUT2D eigenvalue weighted by Crippen LogP contribution is -2.48. The number of fused-ring (bicyclic) bond motifs is 1. The van der Waals surface area contributed by atoms with Gasteiger partial charge in [-0.2, -0.15) is 0 Å². The topological polar surface area (TPSA) is 91.2 Å². The predicted octanol–water partition coefficient (Wildman–Crippen LogP) is 6.02. The molecular weight excluding hydrogens is 608 g/mol. The molecule has 1 heterocycles. The third kappa shape index (κ3) is 6.91. The van der Waals surface area contributed by atoms with Gasteiger partial charge < -0.3 is 20.9 Å². The minimum Gasteiger partial charge on any atom is -0.361 e. The van der Waals surface area contributed by atoms with Crippen molar-refractivity contribution in [3.05, 3.63) is 68.7 Å². The van der Waals surface area contributed by atoms with Crippen LogP contribution in [0.25, 0.3) is 10.9 Å². The minimum atomic E-state index is -0.756. The number of carbonyl (C=O) groups is 2. The van der Waals surface area contributed by atoms with E-state index >= 15 is 0 Å². The number of aromatic nitrogens is 1. The van der Waals surface area contributed by atoms with Gasteiger partial charge in [0.15, 0.2) is 0 Å². The molecule has 1 fully saturated rings. The second kappa shape index (κ2) is 13.6. The lowest BCUT2D eigenvalue weighted by molar-refractivity contribution is -0.141. The maximum atomic E-state index is 13.8. The van der Waals surface area contributed by atoms with Crippen molar-refractivity contribution in [3.8, 4) is 0 Å². The lowest BCUT2D eigenvalue weighted by Gasteiger charge is -2.34. The molecule has 6 nitrogen and oxygen atoms in total. The molecule has 0 bridgehead atoms. The summed E-state index contributed by atoms with van der Waals surface area (Å²) in [6.45, 7) is 0.640. The number of benzene rings is 2. The Kier molecular flexibility index (Phi) is 10.8. The normalized spacial score (nSPS) is 14.8. The van der Waals surface area contributed by atoms with Gasteiger partial charge in [-0.1, -0.05) is 69.3 Å². The number of halogens is 3. The van der Waals surface area contributed by atoms with Gasteiger partial charge in [-0.3, -0.25) is 9.59 Å². The van der Waals surface area contributed by atoms with Gasteiger partial charge in [0.1, 0.15) is 6.04 Å². The summed E-state index contributed by atoms with van der Waals surface area (Å²) in [7, 11) is 0. The van der Waals surface area contributed by atoms with Crippen molar-refractivity contribution in [1.29, 1.82) is 0 Å². The molecule has 0 saturated heterocycles. The molecule has 1 atom stereocenters. The summed E-state index contributed by atoms with van der Waals surface area (Å²) in [6, 6.07) is 13.3. The molecule has 1 saturated carbocycles. The van der Waals surface area contributed by atoms with Crippen LogP contribution in [0.3, 0.4) is 0 Å². The van der Waals surface area contributed by atoms with E-state index < -0.39 is 6.04 Å². The van der Waals surface area contributed by atoms with Crippen LogP contribution in [0.4, 0.5) is 0 Å². The fraction of sp³-hybridized carbons (Fsp3) is 0.407. The molecule has 1 aromatic heterocycles. The summed E-state index contributed by atoms with van der Waals surface area (Å²) in [6.07, 6.45) is 8.19. The molecule has 1 aliphatic rings. The fourth-order valence-electron chi connectivity index (χ4n) is 4.95. The van der Waals surface area contributed by atoms with Crippen molar-refractivity contribution in [2.75, 3.05) is 13.1 Å². The number of carbonyl (C=O) groups excluding carboxylic acids is 2. The van der Waals surface area contributed by atoms with E-state index in [0.717, 1.165) is 56.7 Å². The molecule has 1 aliphatic carbocycles. The molecule has 0 radical (unpaired) electrons. The Hall–Kier alpha value is -1.87. The molecule has 2 amide bonds. The predicted molar refractivity (Wildman–Crippen MR) is 154 cm³/mol. The zero-order chi connectivity index (χ0) is 24.8. The molecule has 4 rings (SSSR count). The summed E-state index contributed by atoms with van der Waals surface area (Å²) >= 11 is 7.18. The molecule has 1 unspecified atom stereocenters. The first-order valence-corrected chi connectivity index (χ1v) is 13.9. The highest BCUT2D eigenvalue weighted by Crippen LogP contribution is 2.33. The van der Waals surface area contributed by atoms with Crippen molar-refractivity contribution in [2.45, 2.75) is 57.0 Å². The SMILES string of the molecule is Cl.NCCC(=O)N(CCc1c[nH]c2ccccc12)C(C(=O)NC1CCCCC1)c1cc(Br)ccc1Br. The van der Waals surface area contributed by atoms with Gasteiger partial charge in [0.25, 0.3) is 0 Å². The van der Waals surface area contributed by atoms with Crippen LogP contribution in [-0.4, -0.2) is 40.8 Å². The number of H-pyrrole nitrogens is 1. The average Bonchev–Trinajstić information content (AvgIpc) is 3.27. The Morgan fingerprint density at radius 1 is 1.11 bits per heavy atom. The van der Waals surface area contributed by atoms with Crippen LogP contribution in [0.2, 0.25) is 0 Å². The van der Waals surface area contributed by atoms with Crippen molar-refractivity contribution in [2.24, 2.45) is 5.73 Å². The van der Waals surface area contributed by atoms with E-state index in [1.807, 2.05) is 42.6 Å². The molecule has 9 heteroatoms. The minimum absolute atomic E-state index is 0. The first-order chi connectivity index (χ1) is 17.0. The van der Waals surface area contributed by atoms with Gasteiger partial charge >= 0.3 is 0 Å². The third-order valence-electron chi connectivity index (χ3n) is 6.74. The fourth-order valence-corrected chi connectivity index (χ4v) is 5.79. The second-order valence-corrected chi connectivity index (χ2v) is 10.9. The maximum Gasteiger partial charge on any atom is 0.247 e. The van der Waals surface area contributed by atoms with Crippen LogP contribution in [0, 0.1) is 0 Å². The molecule has 36 heavy (non-hydrogen) atoms. The number of nitrogens with zero attached hydrogens (tertiary/aromatic N) is 1. The Morgan fingerprint density at radius 3 is 2.61 bits per heavy atom. The van der Waals surface area contributed by atoms with E-state index in [2.05, 4.69) is 48.2 Å². The largest absolute Gasteiger partial charge is 0.361 e. The Labute approximate surface area is 235 Å². The first kappa shape index (κ1) is 28.7. The highest BCUT2D eigenvalue weighted by Gasteiger charge is 2.34. The Balaban J connectivity index is 0.00000361. The lowest BCUT2D eigenvalue weighted by atomic mass is 9.94. The molecule has 0 spiro atoms. The Morgan fingerprint density at radius 2 is 1.86 bits per heavy atom. The number of aromatic amines is 1. The van der Waals surface area contributed by atoms with E-state index in [-0.39, 0.29) is 43.2 Å². The van der Waals surface area contributed by atoms with Crippen LogP contribution in [0.15, 0.2) is 57.6 Å². The number of para-hydroxylation sites is 1. The monoisotopic (exact) mass is 638 g/mol. The number of nitrogens with one attached hydrogen (secondary N) is 2. The summed E-state index contributed by atoms with van der Waals surface area (Å²) < 4.78 is 1.65. The van der Waals surface area contributed by atoms with Crippen molar-refractivity contribution < 1.29 is 9.59 Å². The maximum absolute atomic E-state index is 13.8. The number of hydrogen-bond donors (Lipinski definition) is 3. The zero-order valence-electron chi connectivity index (χ0n) is 20.1. The number of nitrogens with two attached hydrogens (primary N) is 1. The van der Waals surface area contributed by atoms with Crippen molar-refractivity contribution >= 4 is 67.0 Å². The standard InChI is InChI=1S/C27H32Br2N4O2.ClH/c28-19-10-11-23(29)22(16-19)26(27(35)32-20-6-2-1-3-7-20)33(25(34)12-14-30)15-13-18-17-31-24-9-5-4-8-21(18)24;/h4-5,8-11,16-17,20,26,31H,1-3,6-7,12-15,30H2,(H,32,35);1H. The number of amides is 2. The smallest absolute Gasteiger partial charge is 0.247 e.